The van der Waals surface area contributed by atoms with E-state index in [0.717, 1.165) is 15.6 Å². The SMILES string of the molecule is Cc1sc(C2CCCCC2)nc1C(C)(C)C(=O)O. The number of hydrogen-bond donors (Lipinski definition) is 1. The van der Waals surface area contributed by atoms with Crippen molar-refractivity contribution in [3.05, 3.63) is 15.6 Å². The van der Waals surface area contributed by atoms with Gasteiger partial charge in [-0.1, -0.05) is 19.3 Å². The molecule has 0 bridgehead atoms. The lowest BCUT2D eigenvalue weighted by molar-refractivity contribution is -0.142. The van der Waals surface area contributed by atoms with Crippen LogP contribution < -0.4 is 0 Å². The molecule has 2 rings (SSSR count). The molecule has 0 aromatic carbocycles. The summed E-state index contributed by atoms with van der Waals surface area (Å²) in [5, 5.41) is 10.5. The zero-order valence-corrected chi connectivity index (χ0v) is 12.1. The minimum atomic E-state index is -0.881. The number of aromatic nitrogens is 1. The predicted octanol–water partition coefficient (Wildman–Crippen LogP) is 3.86. The van der Waals surface area contributed by atoms with E-state index in [4.69, 9.17) is 0 Å². The maximum absolute atomic E-state index is 11.3. The molecule has 0 unspecified atom stereocenters. The lowest BCUT2D eigenvalue weighted by atomic mass is 9.88. The fraction of sp³-hybridized carbons (Fsp3) is 0.714. The summed E-state index contributed by atoms with van der Waals surface area (Å²) >= 11 is 1.69. The molecule has 1 aromatic rings. The lowest BCUT2D eigenvalue weighted by Crippen LogP contribution is -2.29. The Kier molecular flexibility index (Phi) is 3.76. The molecule has 1 aromatic heterocycles. The van der Waals surface area contributed by atoms with Crippen LogP contribution in [0.3, 0.4) is 0 Å². The summed E-state index contributed by atoms with van der Waals surface area (Å²) in [5.41, 5.74) is -0.131. The van der Waals surface area contributed by atoms with Crippen LogP contribution >= 0.6 is 11.3 Å². The molecule has 1 aliphatic carbocycles. The number of rotatable bonds is 3. The molecular formula is C14H21NO2S. The standard InChI is InChI=1S/C14H21NO2S/c1-9-11(14(2,3)13(16)17)15-12(18-9)10-7-5-4-6-8-10/h10H,4-8H2,1-3H3,(H,16,17). The van der Waals surface area contributed by atoms with Crippen molar-refractivity contribution in [3.8, 4) is 0 Å². The van der Waals surface area contributed by atoms with Crippen LogP contribution in [-0.2, 0) is 10.2 Å². The van der Waals surface area contributed by atoms with Crippen molar-refractivity contribution in [2.45, 2.75) is 64.2 Å². The molecule has 0 saturated heterocycles. The van der Waals surface area contributed by atoms with E-state index in [2.05, 4.69) is 4.98 Å². The Morgan fingerprint density at radius 1 is 1.33 bits per heavy atom. The van der Waals surface area contributed by atoms with E-state index in [0.29, 0.717) is 5.92 Å². The molecule has 4 heteroatoms. The average molecular weight is 267 g/mol. The highest BCUT2D eigenvalue weighted by Crippen LogP contribution is 2.38. The van der Waals surface area contributed by atoms with Crippen molar-refractivity contribution in [1.82, 2.24) is 4.98 Å². The number of hydrogen-bond acceptors (Lipinski definition) is 3. The number of aliphatic carboxylic acids is 1. The largest absolute Gasteiger partial charge is 0.481 e. The summed E-state index contributed by atoms with van der Waals surface area (Å²) < 4.78 is 0. The van der Waals surface area contributed by atoms with E-state index < -0.39 is 11.4 Å². The quantitative estimate of drug-likeness (QED) is 0.904. The van der Waals surface area contributed by atoms with Crippen molar-refractivity contribution >= 4 is 17.3 Å². The Balaban J connectivity index is 2.29. The van der Waals surface area contributed by atoms with Crippen molar-refractivity contribution in [2.24, 2.45) is 0 Å². The van der Waals surface area contributed by atoms with Crippen LogP contribution in [0.2, 0.25) is 0 Å². The molecule has 0 atom stereocenters. The Labute approximate surface area is 112 Å². The van der Waals surface area contributed by atoms with Crippen molar-refractivity contribution in [3.63, 3.8) is 0 Å². The van der Waals surface area contributed by atoms with Gasteiger partial charge >= 0.3 is 5.97 Å². The number of carbonyl (C=O) groups is 1. The second-order valence-corrected chi connectivity index (χ2v) is 6.96. The van der Waals surface area contributed by atoms with Crippen molar-refractivity contribution in [2.75, 3.05) is 0 Å². The minimum absolute atomic E-state index is 0.556. The highest BCUT2D eigenvalue weighted by atomic mass is 32.1. The summed E-state index contributed by atoms with van der Waals surface area (Å²) in [7, 11) is 0. The van der Waals surface area contributed by atoms with E-state index in [-0.39, 0.29) is 0 Å². The third kappa shape index (κ3) is 2.44. The first kappa shape index (κ1) is 13.5. The van der Waals surface area contributed by atoms with Crippen LogP contribution in [0.25, 0.3) is 0 Å². The smallest absolute Gasteiger partial charge is 0.315 e. The second-order valence-electron chi connectivity index (χ2n) is 5.72. The highest BCUT2D eigenvalue weighted by molar-refractivity contribution is 7.11. The van der Waals surface area contributed by atoms with Gasteiger partial charge in [0.15, 0.2) is 0 Å². The third-order valence-corrected chi connectivity index (χ3v) is 5.03. The Hall–Kier alpha value is -0.900. The van der Waals surface area contributed by atoms with E-state index in [1.54, 1.807) is 25.2 Å². The summed E-state index contributed by atoms with van der Waals surface area (Å²) in [5.74, 6) is -0.244. The average Bonchev–Trinajstić information content (AvgIpc) is 2.73. The van der Waals surface area contributed by atoms with Crippen LogP contribution in [0, 0.1) is 6.92 Å². The van der Waals surface area contributed by atoms with Gasteiger partial charge in [0, 0.05) is 10.8 Å². The van der Waals surface area contributed by atoms with E-state index >= 15 is 0 Å². The maximum atomic E-state index is 11.3. The van der Waals surface area contributed by atoms with Crippen molar-refractivity contribution in [1.29, 1.82) is 0 Å². The van der Waals surface area contributed by atoms with E-state index in [9.17, 15) is 9.90 Å². The topological polar surface area (TPSA) is 50.2 Å². The summed E-state index contributed by atoms with van der Waals surface area (Å²) in [4.78, 5) is 17.0. The number of thiazole rings is 1. The molecule has 1 fully saturated rings. The van der Waals surface area contributed by atoms with Crippen molar-refractivity contribution < 1.29 is 9.90 Å². The fourth-order valence-corrected chi connectivity index (χ4v) is 3.87. The molecule has 18 heavy (non-hydrogen) atoms. The van der Waals surface area contributed by atoms with Gasteiger partial charge in [-0.3, -0.25) is 4.79 Å². The molecule has 0 aliphatic heterocycles. The first-order chi connectivity index (χ1) is 8.43. The molecule has 0 amide bonds. The van der Waals surface area contributed by atoms with Gasteiger partial charge in [0.2, 0.25) is 0 Å². The number of carboxylic acid groups (broad SMARTS) is 1. The molecule has 1 aliphatic rings. The van der Waals surface area contributed by atoms with Crippen LogP contribution in [0.15, 0.2) is 0 Å². The van der Waals surface area contributed by atoms with Crippen LogP contribution in [0.4, 0.5) is 0 Å². The normalized spacial score (nSPS) is 17.9. The zero-order chi connectivity index (χ0) is 13.3. The second kappa shape index (κ2) is 5.00. The van der Waals surface area contributed by atoms with Gasteiger partial charge in [-0.05, 0) is 33.6 Å². The molecule has 0 spiro atoms. The van der Waals surface area contributed by atoms with E-state index in [1.807, 2.05) is 6.92 Å². The number of aryl methyl sites for hydroxylation is 1. The molecule has 1 saturated carbocycles. The molecular weight excluding hydrogens is 246 g/mol. The first-order valence-corrected chi connectivity index (χ1v) is 7.45. The van der Waals surface area contributed by atoms with Gasteiger partial charge in [-0.15, -0.1) is 11.3 Å². The molecule has 1 heterocycles. The number of carboxylic acids is 1. The number of nitrogens with zero attached hydrogens (tertiary/aromatic N) is 1. The molecule has 0 radical (unpaired) electrons. The van der Waals surface area contributed by atoms with Gasteiger partial charge in [0.1, 0.15) is 5.41 Å². The van der Waals surface area contributed by atoms with Crippen LogP contribution in [0.1, 0.15) is 67.4 Å². The monoisotopic (exact) mass is 267 g/mol. The predicted molar refractivity (Wildman–Crippen MR) is 73.3 cm³/mol. The van der Waals surface area contributed by atoms with Gasteiger partial charge in [-0.25, -0.2) is 4.98 Å². The Bertz CT molecular complexity index is 445. The van der Waals surface area contributed by atoms with Gasteiger partial charge < -0.3 is 5.11 Å². The van der Waals surface area contributed by atoms with Gasteiger partial charge in [-0.2, -0.15) is 0 Å². The van der Waals surface area contributed by atoms with E-state index in [1.165, 1.54) is 32.1 Å². The zero-order valence-electron chi connectivity index (χ0n) is 11.3. The lowest BCUT2D eigenvalue weighted by Gasteiger charge is -2.20. The third-order valence-electron chi connectivity index (χ3n) is 3.89. The van der Waals surface area contributed by atoms with Crippen LogP contribution in [0.5, 0.6) is 0 Å². The van der Waals surface area contributed by atoms with Crippen LogP contribution in [-0.4, -0.2) is 16.1 Å². The summed E-state index contributed by atoms with van der Waals surface area (Å²) in [6.07, 6.45) is 6.30. The van der Waals surface area contributed by atoms with Gasteiger partial charge in [0.05, 0.1) is 10.7 Å². The molecule has 100 valence electrons. The molecule has 1 N–H and O–H groups in total. The fourth-order valence-electron chi connectivity index (χ4n) is 2.62. The first-order valence-electron chi connectivity index (χ1n) is 6.64. The minimum Gasteiger partial charge on any atom is -0.481 e. The maximum Gasteiger partial charge on any atom is 0.315 e. The Morgan fingerprint density at radius 2 is 1.94 bits per heavy atom. The summed E-state index contributed by atoms with van der Waals surface area (Å²) in [6.45, 7) is 5.47. The Morgan fingerprint density at radius 3 is 2.50 bits per heavy atom. The van der Waals surface area contributed by atoms with Gasteiger partial charge in [0.25, 0.3) is 0 Å². The highest BCUT2D eigenvalue weighted by Gasteiger charge is 2.35. The molecule has 3 nitrogen and oxygen atoms in total. The summed E-state index contributed by atoms with van der Waals surface area (Å²) in [6, 6.07) is 0.